The molecule has 0 aliphatic rings. The summed E-state index contributed by atoms with van der Waals surface area (Å²) in [5.74, 6) is -0.204. The lowest BCUT2D eigenvalue weighted by molar-refractivity contribution is -0.139. The minimum absolute atomic E-state index is 0.204. The second kappa shape index (κ2) is 10.0. The maximum atomic E-state index is 11.2. The fourth-order valence-electron chi connectivity index (χ4n) is 3.34. The van der Waals surface area contributed by atoms with Gasteiger partial charge in [-0.3, -0.25) is 4.79 Å². The van der Waals surface area contributed by atoms with Crippen LogP contribution in [0.4, 0.5) is 0 Å². The van der Waals surface area contributed by atoms with Crippen molar-refractivity contribution < 1.29 is 14.0 Å². The van der Waals surface area contributed by atoms with Crippen LogP contribution in [0, 0.1) is 0 Å². The monoisotopic (exact) mass is 326 g/mol. The van der Waals surface area contributed by atoms with Crippen LogP contribution in [-0.4, -0.2) is 28.0 Å². The first-order chi connectivity index (χ1) is 10.2. The number of esters is 1. The first-order valence-corrected chi connectivity index (χ1v) is 10.4. The van der Waals surface area contributed by atoms with E-state index in [1.807, 2.05) is 25.2 Å². The van der Waals surface area contributed by atoms with E-state index in [-0.39, 0.29) is 5.97 Å². The topological polar surface area (TPSA) is 35.5 Å². The molecular weight excluding hydrogens is 292 g/mol. The quantitative estimate of drug-likeness (QED) is 0.330. The summed E-state index contributed by atoms with van der Waals surface area (Å²) in [7, 11) is -0.373. The Labute approximate surface area is 137 Å². The maximum absolute atomic E-state index is 11.2. The fourth-order valence-corrected chi connectivity index (χ4v) is 8.72. The van der Waals surface area contributed by atoms with Gasteiger partial charge >= 0.3 is 5.97 Å². The Balaban J connectivity index is 4.67. The van der Waals surface area contributed by atoms with Crippen molar-refractivity contribution in [1.29, 1.82) is 0 Å². The molecule has 0 radical (unpaired) electrons. The number of hydrogen-bond acceptors (Lipinski definition) is 3. The van der Waals surface area contributed by atoms with Gasteiger partial charge in [0.25, 0.3) is 0 Å². The van der Waals surface area contributed by atoms with Gasteiger partial charge in [-0.2, -0.15) is 0 Å². The number of methoxy groups -OCH3 is 1. The highest BCUT2D eigenvalue weighted by atomic mass is 28.4. The number of allylic oxidation sites excluding steroid dienone is 2. The van der Waals surface area contributed by atoms with Crippen molar-refractivity contribution in [3.63, 3.8) is 0 Å². The molecule has 22 heavy (non-hydrogen) atoms. The molecule has 0 heterocycles. The molecule has 0 unspecified atom stereocenters. The Hall–Kier alpha value is -0.873. The molecule has 0 atom stereocenters. The Kier molecular flexibility index (Phi) is 9.61. The highest BCUT2D eigenvalue weighted by Crippen LogP contribution is 2.42. The summed E-state index contributed by atoms with van der Waals surface area (Å²) in [4.78, 5) is 11.2. The third kappa shape index (κ3) is 6.09. The molecular formula is C18H34O3Si. The maximum Gasteiger partial charge on any atom is 0.309 e. The Morgan fingerprint density at radius 2 is 1.55 bits per heavy atom. The second-order valence-electron chi connectivity index (χ2n) is 6.82. The van der Waals surface area contributed by atoms with Crippen LogP contribution in [0.3, 0.4) is 0 Å². The van der Waals surface area contributed by atoms with Gasteiger partial charge in [-0.25, -0.2) is 0 Å². The molecule has 0 fully saturated rings. The van der Waals surface area contributed by atoms with Gasteiger partial charge in [-0.1, -0.05) is 65.3 Å². The third-order valence-corrected chi connectivity index (χ3v) is 10.4. The van der Waals surface area contributed by atoms with E-state index >= 15 is 0 Å². The first-order valence-electron chi connectivity index (χ1n) is 8.21. The van der Waals surface area contributed by atoms with Crippen LogP contribution >= 0.6 is 0 Å². The molecule has 128 valence electrons. The predicted octanol–water partition coefficient (Wildman–Crippen LogP) is 5.24. The van der Waals surface area contributed by atoms with Crippen molar-refractivity contribution in [2.45, 2.75) is 71.5 Å². The fraction of sp³-hybridized carbons (Fsp3) is 0.722. The molecule has 0 bridgehead atoms. The number of carbonyl (C=O) groups excluding carboxylic acids is 1. The van der Waals surface area contributed by atoms with Crippen molar-refractivity contribution in [2.24, 2.45) is 0 Å². The van der Waals surface area contributed by atoms with Crippen molar-refractivity contribution >= 4 is 14.3 Å². The van der Waals surface area contributed by atoms with Crippen LogP contribution in [0.1, 0.15) is 54.9 Å². The van der Waals surface area contributed by atoms with E-state index in [0.29, 0.717) is 29.7 Å². The molecule has 0 rings (SSSR count). The summed E-state index contributed by atoms with van der Waals surface area (Å²) in [6.07, 6.45) is 6.29. The second-order valence-corrected chi connectivity index (χ2v) is 12.3. The Morgan fingerprint density at radius 1 is 1.05 bits per heavy atom. The highest BCUT2D eigenvalue weighted by molar-refractivity contribution is 6.77. The minimum Gasteiger partial charge on any atom is -0.469 e. The predicted molar refractivity (Wildman–Crippen MR) is 96.5 cm³/mol. The molecule has 4 heteroatoms. The third-order valence-electron chi connectivity index (χ3n) is 4.30. The molecule has 0 aromatic carbocycles. The van der Waals surface area contributed by atoms with Crippen molar-refractivity contribution in [3.8, 4) is 0 Å². The Morgan fingerprint density at radius 3 is 1.95 bits per heavy atom. The van der Waals surface area contributed by atoms with Crippen LogP contribution in [0.5, 0.6) is 0 Å². The van der Waals surface area contributed by atoms with Gasteiger partial charge in [-0.05, 0) is 23.5 Å². The SMILES string of the molecule is COC(=O)C/C(C)=C\C=C\CO[Si](C(C)C)(C(C)C)C(C)C. The summed E-state index contributed by atoms with van der Waals surface area (Å²) in [5.41, 5.74) is 2.77. The van der Waals surface area contributed by atoms with E-state index in [1.54, 1.807) is 0 Å². The average molecular weight is 327 g/mol. The molecule has 0 spiro atoms. The van der Waals surface area contributed by atoms with E-state index in [2.05, 4.69) is 46.3 Å². The van der Waals surface area contributed by atoms with Gasteiger partial charge in [0.1, 0.15) is 0 Å². The largest absolute Gasteiger partial charge is 0.469 e. The molecule has 0 N–H and O–H groups in total. The molecule has 3 nitrogen and oxygen atoms in total. The zero-order chi connectivity index (χ0) is 17.3. The van der Waals surface area contributed by atoms with Gasteiger partial charge in [0, 0.05) is 0 Å². The van der Waals surface area contributed by atoms with Crippen molar-refractivity contribution in [1.82, 2.24) is 0 Å². The van der Waals surface area contributed by atoms with E-state index in [1.165, 1.54) is 7.11 Å². The highest BCUT2D eigenvalue weighted by Gasteiger charge is 2.44. The zero-order valence-electron chi connectivity index (χ0n) is 15.6. The van der Waals surface area contributed by atoms with Crippen LogP contribution in [-0.2, 0) is 14.0 Å². The van der Waals surface area contributed by atoms with Crippen molar-refractivity contribution in [2.75, 3.05) is 13.7 Å². The summed E-state index contributed by atoms with van der Waals surface area (Å²) in [5, 5.41) is 0. The summed E-state index contributed by atoms with van der Waals surface area (Å²) in [6, 6.07) is 0. The van der Waals surface area contributed by atoms with Crippen molar-refractivity contribution in [3.05, 3.63) is 23.8 Å². The molecule has 0 aliphatic carbocycles. The lowest BCUT2D eigenvalue weighted by atomic mass is 10.2. The summed E-state index contributed by atoms with van der Waals surface area (Å²) < 4.78 is 11.1. The van der Waals surface area contributed by atoms with E-state index in [0.717, 1.165) is 5.57 Å². The van der Waals surface area contributed by atoms with E-state index in [4.69, 9.17) is 4.43 Å². The first kappa shape index (κ1) is 21.1. The van der Waals surface area contributed by atoms with E-state index in [9.17, 15) is 4.79 Å². The van der Waals surface area contributed by atoms with Crippen LogP contribution in [0.15, 0.2) is 23.8 Å². The van der Waals surface area contributed by atoms with E-state index < -0.39 is 8.32 Å². The molecule has 0 saturated carbocycles. The van der Waals surface area contributed by atoms with Gasteiger partial charge < -0.3 is 9.16 Å². The van der Waals surface area contributed by atoms with Crippen LogP contribution < -0.4 is 0 Å². The van der Waals surface area contributed by atoms with Gasteiger partial charge in [0.05, 0.1) is 20.1 Å². The number of carbonyl (C=O) groups is 1. The Bertz CT molecular complexity index is 373. The smallest absolute Gasteiger partial charge is 0.309 e. The molecule has 0 aliphatic heterocycles. The minimum atomic E-state index is -1.78. The van der Waals surface area contributed by atoms with Gasteiger partial charge in [0.15, 0.2) is 0 Å². The molecule has 0 aromatic rings. The molecule has 0 amide bonds. The van der Waals surface area contributed by atoms with Gasteiger partial charge in [0.2, 0.25) is 8.32 Å². The normalized spacial score (nSPS) is 13.7. The lowest BCUT2D eigenvalue weighted by Crippen LogP contribution is -2.47. The molecule has 0 saturated heterocycles. The standard InChI is InChI=1S/C18H34O3Si/c1-14(2)22(15(3)4,16(5)6)21-12-10-9-11-17(7)13-18(19)20-8/h9-11,14-16H,12-13H2,1-8H3/b10-9+,17-11-. The summed E-state index contributed by atoms with van der Waals surface area (Å²) >= 11 is 0. The number of hydrogen-bond donors (Lipinski definition) is 0. The van der Waals surface area contributed by atoms with Crippen LogP contribution in [0.25, 0.3) is 0 Å². The lowest BCUT2D eigenvalue weighted by Gasteiger charge is -2.41. The zero-order valence-corrected chi connectivity index (χ0v) is 16.6. The molecule has 0 aromatic heterocycles. The van der Waals surface area contributed by atoms with Gasteiger partial charge in [-0.15, -0.1) is 0 Å². The van der Waals surface area contributed by atoms with Crippen LogP contribution in [0.2, 0.25) is 16.6 Å². The number of ether oxygens (including phenoxy) is 1. The number of rotatable bonds is 9. The average Bonchev–Trinajstić information content (AvgIpc) is 2.41. The summed E-state index contributed by atoms with van der Waals surface area (Å²) in [6.45, 7) is 16.3.